The first-order valence-corrected chi connectivity index (χ1v) is 10.1. The van der Waals surface area contributed by atoms with Gasteiger partial charge in [-0.15, -0.1) is 10.2 Å². The van der Waals surface area contributed by atoms with Gasteiger partial charge in [0.15, 0.2) is 4.34 Å². The minimum absolute atomic E-state index is 0.158. The average molecular weight is 392 g/mol. The molecule has 1 aromatic carbocycles. The van der Waals surface area contributed by atoms with Crippen LogP contribution in [0.25, 0.3) is 0 Å². The summed E-state index contributed by atoms with van der Waals surface area (Å²) in [4.78, 5) is 27.4. The van der Waals surface area contributed by atoms with Gasteiger partial charge in [-0.3, -0.25) is 9.59 Å². The van der Waals surface area contributed by atoms with Crippen LogP contribution in [0.4, 0.5) is 5.13 Å². The Balaban J connectivity index is 1.51. The van der Waals surface area contributed by atoms with Crippen molar-refractivity contribution in [2.75, 3.05) is 36.8 Å². The van der Waals surface area contributed by atoms with Crippen molar-refractivity contribution < 1.29 is 9.59 Å². The van der Waals surface area contributed by atoms with Crippen LogP contribution in [0, 0.1) is 6.92 Å². The second-order valence-electron chi connectivity index (χ2n) is 6.14. The number of anilines is 1. The van der Waals surface area contributed by atoms with Gasteiger partial charge in [-0.1, -0.05) is 52.9 Å². The van der Waals surface area contributed by atoms with Gasteiger partial charge in [-0.2, -0.15) is 0 Å². The number of carbonyl (C=O) groups excluding carboxylic acids is 2. The molecule has 2 aromatic rings. The van der Waals surface area contributed by atoms with Gasteiger partial charge >= 0.3 is 0 Å². The van der Waals surface area contributed by atoms with Crippen LogP contribution in [0.2, 0.25) is 0 Å². The quantitative estimate of drug-likeness (QED) is 0.747. The molecule has 138 valence electrons. The van der Waals surface area contributed by atoms with Crippen molar-refractivity contribution in [1.29, 1.82) is 0 Å². The molecule has 2 amide bonds. The van der Waals surface area contributed by atoms with E-state index in [4.69, 9.17) is 5.73 Å². The number of amides is 2. The Hall–Kier alpha value is -2.13. The van der Waals surface area contributed by atoms with Crippen LogP contribution < -0.4 is 10.6 Å². The van der Waals surface area contributed by atoms with E-state index in [1.54, 1.807) is 0 Å². The molecule has 0 atom stereocenters. The number of primary amides is 1. The molecule has 0 bridgehead atoms. The van der Waals surface area contributed by atoms with E-state index in [2.05, 4.69) is 21.2 Å². The lowest BCUT2D eigenvalue weighted by molar-refractivity contribution is -0.130. The molecule has 0 unspecified atom stereocenters. The van der Waals surface area contributed by atoms with Crippen molar-refractivity contribution in [2.24, 2.45) is 5.73 Å². The highest BCUT2D eigenvalue weighted by Crippen LogP contribution is 2.28. The zero-order valence-electron chi connectivity index (χ0n) is 14.6. The normalized spacial score (nSPS) is 14.5. The third-order valence-corrected chi connectivity index (χ3v) is 6.21. The lowest BCUT2D eigenvalue weighted by Gasteiger charge is -2.34. The number of thioether (sulfide) groups is 1. The number of nitrogens with zero attached hydrogens (tertiary/aromatic N) is 4. The number of nitrogens with two attached hydrogens (primary N) is 1. The molecule has 0 spiro atoms. The number of rotatable bonds is 6. The maximum absolute atomic E-state index is 12.5. The fraction of sp³-hybridized carbons (Fsp3) is 0.412. The Morgan fingerprint density at radius 1 is 1.23 bits per heavy atom. The lowest BCUT2D eigenvalue weighted by atomic mass is 10.1. The van der Waals surface area contributed by atoms with Crippen LogP contribution in [0.3, 0.4) is 0 Å². The van der Waals surface area contributed by atoms with Gasteiger partial charge in [0, 0.05) is 26.2 Å². The van der Waals surface area contributed by atoms with E-state index in [0.29, 0.717) is 19.5 Å². The van der Waals surface area contributed by atoms with Gasteiger partial charge in [-0.25, -0.2) is 0 Å². The minimum atomic E-state index is -0.368. The van der Waals surface area contributed by atoms with E-state index in [9.17, 15) is 9.59 Å². The summed E-state index contributed by atoms with van der Waals surface area (Å²) in [5, 5.41) is 9.09. The van der Waals surface area contributed by atoms with Crippen molar-refractivity contribution in [1.82, 2.24) is 15.1 Å². The lowest BCUT2D eigenvalue weighted by Crippen LogP contribution is -2.49. The molecule has 3 rings (SSSR count). The first-order valence-electron chi connectivity index (χ1n) is 8.34. The van der Waals surface area contributed by atoms with Crippen molar-refractivity contribution in [3.8, 4) is 0 Å². The van der Waals surface area contributed by atoms with Crippen molar-refractivity contribution in [3.63, 3.8) is 0 Å². The molecule has 1 fully saturated rings. The van der Waals surface area contributed by atoms with E-state index in [-0.39, 0.29) is 17.6 Å². The van der Waals surface area contributed by atoms with Crippen molar-refractivity contribution in [3.05, 3.63) is 35.4 Å². The monoisotopic (exact) mass is 391 g/mol. The maximum Gasteiger partial charge on any atom is 0.227 e. The summed E-state index contributed by atoms with van der Waals surface area (Å²) in [6, 6.07) is 8.07. The number of benzene rings is 1. The molecule has 0 radical (unpaired) electrons. The number of hydrogen-bond acceptors (Lipinski definition) is 7. The standard InChI is InChI=1S/C17H21N5O2S2/c1-12-3-2-4-13(9-12)10-15(24)21-5-7-22(8-6-21)16-19-20-17(26-16)25-11-14(18)23/h2-4,9H,5-8,10-11H2,1H3,(H2,18,23). The summed E-state index contributed by atoms with van der Waals surface area (Å²) in [5.41, 5.74) is 7.37. The Morgan fingerprint density at radius 2 is 2.00 bits per heavy atom. The fourth-order valence-corrected chi connectivity index (χ4v) is 4.41. The van der Waals surface area contributed by atoms with Gasteiger partial charge in [0.05, 0.1) is 12.2 Å². The molecule has 2 N–H and O–H groups in total. The van der Waals surface area contributed by atoms with Gasteiger partial charge in [0.25, 0.3) is 0 Å². The van der Waals surface area contributed by atoms with Crippen molar-refractivity contribution >= 4 is 40.0 Å². The second kappa shape index (κ2) is 8.50. The summed E-state index contributed by atoms with van der Waals surface area (Å²) in [5.74, 6) is -0.00622. The van der Waals surface area contributed by atoms with Gasteiger partial charge in [-0.05, 0) is 12.5 Å². The summed E-state index contributed by atoms with van der Waals surface area (Å²) in [7, 11) is 0. The zero-order valence-corrected chi connectivity index (χ0v) is 16.2. The third kappa shape index (κ3) is 4.95. The van der Waals surface area contributed by atoms with E-state index in [1.807, 2.05) is 30.0 Å². The molecule has 2 heterocycles. The van der Waals surface area contributed by atoms with E-state index < -0.39 is 0 Å². The summed E-state index contributed by atoms with van der Waals surface area (Å²) in [6.07, 6.45) is 0.439. The first-order chi connectivity index (χ1) is 12.5. The predicted octanol–water partition coefficient (Wildman–Crippen LogP) is 1.32. The summed E-state index contributed by atoms with van der Waals surface area (Å²) >= 11 is 2.75. The molecule has 1 aromatic heterocycles. The van der Waals surface area contributed by atoms with E-state index in [0.717, 1.165) is 28.1 Å². The molecule has 0 saturated carbocycles. The SMILES string of the molecule is Cc1cccc(CC(=O)N2CCN(c3nnc(SCC(N)=O)s3)CC2)c1. The first kappa shape index (κ1) is 18.7. The van der Waals surface area contributed by atoms with E-state index >= 15 is 0 Å². The molecule has 1 aliphatic rings. The molecule has 0 aliphatic carbocycles. The molecule has 9 heteroatoms. The zero-order chi connectivity index (χ0) is 18.5. The van der Waals surface area contributed by atoms with E-state index in [1.165, 1.54) is 28.7 Å². The smallest absolute Gasteiger partial charge is 0.227 e. The van der Waals surface area contributed by atoms with Crippen molar-refractivity contribution in [2.45, 2.75) is 17.7 Å². The van der Waals surface area contributed by atoms with Crippen LogP contribution in [0.1, 0.15) is 11.1 Å². The Bertz CT molecular complexity index is 787. The Morgan fingerprint density at radius 3 is 2.69 bits per heavy atom. The van der Waals surface area contributed by atoms with Crippen LogP contribution in [0.15, 0.2) is 28.6 Å². The summed E-state index contributed by atoms with van der Waals surface area (Å²) < 4.78 is 0.733. The number of aryl methyl sites for hydroxylation is 1. The van der Waals surface area contributed by atoms with Crippen LogP contribution >= 0.6 is 23.1 Å². The molecular formula is C17H21N5O2S2. The minimum Gasteiger partial charge on any atom is -0.369 e. The van der Waals surface area contributed by atoms with Gasteiger partial charge < -0.3 is 15.5 Å². The summed E-state index contributed by atoms with van der Waals surface area (Å²) in [6.45, 7) is 4.84. The Labute approximate surface area is 160 Å². The highest BCUT2D eigenvalue weighted by atomic mass is 32.2. The van der Waals surface area contributed by atoms with Crippen LogP contribution in [-0.4, -0.2) is 58.8 Å². The van der Waals surface area contributed by atoms with Crippen LogP contribution in [0.5, 0.6) is 0 Å². The Kier molecular flexibility index (Phi) is 6.10. The largest absolute Gasteiger partial charge is 0.369 e. The molecule has 1 aliphatic heterocycles. The third-order valence-electron chi connectivity index (χ3n) is 4.07. The predicted molar refractivity (Wildman–Crippen MR) is 104 cm³/mol. The molecule has 26 heavy (non-hydrogen) atoms. The molecule has 7 nitrogen and oxygen atoms in total. The van der Waals surface area contributed by atoms with Gasteiger partial charge in [0.1, 0.15) is 0 Å². The topological polar surface area (TPSA) is 92.4 Å². The van der Waals surface area contributed by atoms with Crippen LogP contribution in [-0.2, 0) is 16.0 Å². The molecular weight excluding hydrogens is 370 g/mol. The number of piperazine rings is 1. The fourth-order valence-electron chi connectivity index (χ4n) is 2.78. The van der Waals surface area contributed by atoms with Gasteiger partial charge in [0.2, 0.25) is 16.9 Å². The highest BCUT2D eigenvalue weighted by Gasteiger charge is 2.23. The number of hydrogen-bond donors (Lipinski definition) is 1. The average Bonchev–Trinajstić information content (AvgIpc) is 3.09. The molecule has 1 saturated heterocycles. The number of carbonyl (C=O) groups is 2. The second-order valence-corrected chi connectivity index (χ2v) is 8.32. The highest BCUT2D eigenvalue weighted by molar-refractivity contribution is 8.01. The maximum atomic E-state index is 12.5. The number of aromatic nitrogens is 2.